The SMILES string of the molecule is C#Cc1cccc(NC2CCCN(C)CC2)c1. The Morgan fingerprint density at radius 2 is 2.24 bits per heavy atom. The average Bonchev–Trinajstić information content (AvgIpc) is 2.55. The van der Waals surface area contributed by atoms with Gasteiger partial charge in [-0.15, -0.1) is 6.42 Å². The van der Waals surface area contributed by atoms with E-state index < -0.39 is 0 Å². The Kier molecular flexibility index (Phi) is 4.06. The van der Waals surface area contributed by atoms with E-state index in [-0.39, 0.29) is 0 Å². The van der Waals surface area contributed by atoms with E-state index in [1.54, 1.807) is 0 Å². The minimum atomic E-state index is 0.577. The van der Waals surface area contributed by atoms with E-state index >= 15 is 0 Å². The maximum Gasteiger partial charge on any atom is 0.0354 e. The van der Waals surface area contributed by atoms with Crippen molar-refractivity contribution < 1.29 is 0 Å². The van der Waals surface area contributed by atoms with Crippen LogP contribution in [0.1, 0.15) is 24.8 Å². The quantitative estimate of drug-likeness (QED) is 0.783. The third-order valence-electron chi connectivity index (χ3n) is 3.35. The van der Waals surface area contributed by atoms with E-state index in [9.17, 15) is 0 Å². The number of anilines is 1. The van der Waals surface area contributed by atoms with E-state index in [4.69, 9.17) is 6.42 Å². The van der Waals surface area contributed by atoms with Crippen LogP contribution in [0.5, 0.6) is 0 Å². The van der Waals surface area contributed by atoms with Gasteiger partial charge in [0.25, 0.3) is 0 Å². The lowest BCUT2D eigenvalue weighted by Gasteiger charge is -2.18. The van der Waals surface area contributed by atoms with Crippen LogP contribution in [-0.2, 0) is 0 Å². The summed E-state index contributed by atoms with van der Waals surface area (Å²) in [4.78, 5) is 2.40. The van der Waals surface area contributed by atoms with E-state index in [1.807, 2.05) is 12.1 Å². The fourth-order valence-electron chi connectivity index (χ4n) is 2.32. The van der Waals surface area contributed by atoms with Crippen LogP contribution in [0, 0.1) is 12.3 Å². The number of nitrogens with zero attached hydrogens (tertiary/aromatic N) is 1. The molecule has 0 saturated carbocycles. The van der Waals surface area contributed by atoms with Crippen molar-refractivity contribution >= 4 is 5.69 Å². The van der Waals surface area contributed by atoms with Gasteiger partial charge in [-0.05, 0) is 57.6 Å². The Balaban J connectivity index is 1.97. The molecule has 2 rings (SSSR count). The lowest BCUT2D eigenvalue weighted by atomic mass is 10.1. The summed E-state index contributed by atoms with van der Waals surface area (Å²) in [5, 5.41) is 3.59. The summed E-state index contributed by atoms with van der Waals surface area (Å²) in [6.45, 7) is 2.38. The Bertz CT molecular complexity index is 406. The molecule has 0 aromatic heterocycles. The highest BCUT2D eigenvalue weighted by molar-refractivity contribution is 5.50. The predicted molar refractivity (Wildman–Crippen MR) is 73.1 cm³/mol. The van der Waals surface area contributed by atoms with Crippen LogP contribution in [0.2, 0.25) is 0 Å². The second-order valence-corrected chi connectivity index (χ2v) is 4.80. The zero-order valence-corrected chi connectivity index (χ0v) is 10.4. The second kappa shape index (κ2) is 5.75. The van der Waals surface area contributed by atoms with Crippen LogP contribution in [0.3, 0.4) is 0 Å². The third-order valence-corrected chi connectivity index (χ3v) is 3.35. The molecule has 90 valence electrons. The molecular weight excluding hydrogens is 208 g/mol. The van der Waals surface area contributed by atoms with Gasteiger partial charge in [-0.25, -0.2) is 0 Å². The predicted octanol–water partition coefficient (Wildman–Crippen LogP) is 2.56. The minimum absolute atomic E-state index is 0.577. The highest BCUT2D eigenvalue weighted by Gasteiger charge is 2.14. The maximum atomic E-state index is 5.41. The van der Waals surface area contributed by atoms with Gasteiger partial charge in [-0.3, -0.25) is 0 Å². The van der Waals surface area contributed by atoms with Gasteiger partial charge in [0, 0.05) is 17.3 Å². The Morgan fingerprint density at radius 3 is 3.06 bits per heavy atom. The van der Waals surface area contributed by atoms with Gasteiger partial charge in [0.2, 0.25) is 0 Å². The minimum Gasteiger partial charge on any atom is -0.382 e. The molecule has 2 nitrogen and oxygen atoms in total. The Hall–Kier alpha value is -1.46. The number of hydrogen-bond acceptors (Lipinski definition) is 2. The molecule has 1 atom stereocenters. The molecule has 0 spiro atoms. The van der Waals surface area contributed by atoms with Gasteiger partial charge in [0.15, 0.2) is 0 Å². The summed E-state index contributed by atoms with van der Waals surface area (Å²) in [6.07, 6.45) is 9.12. The number of nitrogens with one attached hydrogen (secondary N) is 1. The number of likely N-dealkylation sites (tertiary alicyclic amines) is 1. The fourth-order valence-corrected chi connectivity index (χ4v) is 2.32. The van der Waals surface area contributed by atoms with Crippen molar-refractivity contribution in [2.24, 2.45) is 0 Å². The van der Waals surface area contributed by atoms with Gasteiger partial charge >= 0.3 is 0 Å². The first kappa shape index (κ1) is 12.0. The Morgan fingerprint density at radius 1 is 1.35 bits per heavy atom. The monoisotopic (exact) mass is 228 g/mol. The molecule has 0 amide bonds. The van der Waals surface area contributed by atoms with Gasteiger partial charge in [-0.2, -0.15) is 0 Å². The number of hydrogen-bond donors (Lipinski definition) is 1. The number of terminal acetylenes is 1. The molecule has 1 heterocycles. The van der Waals surface area contributed by atoms with Crippen molar-refractivity contribution in [3.63, 3.8) is 0 Å². The number of benzene rings is 1. The van der Waals surface area contributed by atoms with Crippen LogP contribution in [-0.4, -0.2) is 31.1 Å². The van der Waals surface area contributed by atoms with E-state index in [0.29, 0.717) is 6.04 Å². The topological polar surface area (TPSA) is 15.3 Å². The van der Waals surface area contributed by atoms with Crippen molar-refractivity contribution in [2.45, 2.75) is 25.3 Å². The molecular formula is C15H20N2. The maximum absolute atomic E-state index is 5.41. The summed E-state index contributed by atoms with van der Waals surface area (Å²) in [5.41, 5.74) is 2.09. The molecule has 1 unspecified atom stereocenters. The first-order chi connectivity index (χ1) is 8.28. The summed E-state index contributed by atoms with van der Waals surface area (Å²) in [5.74, 6) is 2.68. The van der Waals surface area contributed by atoms with Crippen molar-refractivity contribution in [3.05, 3.63) is 29.8 Å². The second-order valence-electron chi connectivity index (χ2n) is 4.80. The van der Waals surface area contributed by atoms with Crippen LogP contribution in [0.4, 0.5) is 5.69 Å². The standard InChI is InChI=1S/C15H20N2/c1-3-13-6-4-7-15(12-13)16-14-8-5-10-17(2)11-9-14/h1,4,6-7,12,14,16H,5,8-11H2,2H3. The van der Waals surface area contributed by atoms with Crippen LogP contribution in [0.15, 0.2) is 24.3 Å². The fraction of sp³-hybridized carbons (Fsp3) is 0.467. The van der Waals surface area contributed by atoms with Crippen molar-refractivity contribution in [1.29, 1.82) is 0 Å². The smallest absolute Gasteiger partial charge is 0.0354 e. The third kappa shape index (κ3) is 3.51. The van der Waals surface area contributed by atoms with Gasteiger partial charge in [0.1, 0.15) is 0 Å². The van der Waals surface area contributed by atoms with Gasteiger partial charge in [-0.1, -0.05) is 12.0 Å². The van der Waals surface area contributed by atoms with E-state index in [0.717, 1.165) is 11.3 Å². The highest BCUT2D eigenvalue weighted by atomic mass is 15.1. The molecule has 1 saturated heterocycles. The first-order valence-corrected chi connectivity index (χ1v) is 6.29. The first-order valence-electron chi connectivity index (χ1n) is 6.29. The molecule has 1 N–H and O–H groups in total. The summed E-state index contributed by atoms with van der Waals surface area (Å²) in [6, 6.07) is 8.70. The molecule has 1 aromatic carbocycles. The molecule has 1 aliphatic heterocycles. The molecule has 0 aliphatic carbocycles. The molecule has 0 radical (unpaired) electrons. The van der Waals surface area contributed by atoms with Crippen molar-refractivity contribution in [3.8, 4) is 12.3 Å². The van der Waals surface area contributed by atoms with Crippen molar-refractivity contribution in [2.75, 3.05) is 25.5 Å². The van der Waals surface area contributed by atoms with Crippen molar-refractivity contribution in [1.82, 2.24) is 4.90 Å². The molecule has 0 bridgehead atoms. The highest BCUT2D eigenvalue weighted by Crippen LogP contribution is 2.17. The zero-order valence-electron chi connectivity index (χ0n) is 10.4. The van der Waals surface area contributed by atoms with Crippen LogP contribution < -0.4 is 5.32 Å². The number of rotatable bonds is 2. The zero-order chi connectivity index (χ0) is 12.1. The molecule has 17 heavy (non-hydrogen) atoms. The summed E-state index contributed by atoms with van der Waals surface area (Å²) in [7, 11) is 2.20. The van der Waals surface area contributed by atoms with Gasteiger partial charge in [0.05, 0.1) is 0 Å². The molecule has 1 fully saturated rings. The normalized spacial score (nSPS) is 21.5. The van der Waals surface area contributed by atoms with E-state index in [1.165, 1.54) is 32.4 Å². The summed E-state index contributed by atoms with van der Waals surface area (Å²) >= 11 is 0. The molecule has 1 aromatic rings. The summed E-state index contributed by atoms with van der Waals surface area (Å²) < 4.78 is 0. The molecule has 1 aliphatic rings. The van der Waals surface area contributed by atoms with Crippen LogP contribution in [0.25, 0.3) is 0 Å². The molecule has 2 heteroatoms. The lowest BCUT2D eigenvalue weighted by molar-refractivity contribution is 0.348. The largest absolute Gasteiger partial charge is 0.382 e. The lowest BCUT2D eigenvalue weighted by Crippen LogP contribution is -2.22. The van der Waals surface area contributed by atoms with Gasteiger partial charge < -0.3 is 10.2 Å². The Labute approximate surface area is 104 Å². The average molecular weight is 228 g/mol. The van der Waals surface area contributed by atoms with Crippen LogP contribution >= 0.6 is 0 Å². The van der Waals surface area contributed by atoms with E-state index in [2.05, 4.69) is 35.3 Å².